The zero-order chi connectivity index (χ0) is 25.8. The van der Waals surface area contributed by atoms with E-state index in [1.165, 1.54) is 16.7 Å². The Morgan fingerprint density at radius 2 is 1.97 bits per heavy atom. The number of hydrogen-bond donors (Lipinski definition) is 1. The van der Waals surface area contributed by atoms with Crippen LogP contribution in [-0.2, 0) is 10.9 Å². The summed E-state index contributed by atoms with van der Waals surface area (Å²) in [5.74, 6) is 1.01. The first kappa shape index (κ1) is 23.9. The van der Waals surface area contributed by atoms with Crippen molar-refractivity contribution in [3.63, 3.8) is 0 Å². The fraction of sp³-hybridized carbons (Fsp3) is 0.440. The largest absolute Gasteiger partial charge is 0.417 e. The lowest BCUT2D eigenvalue weighted by Gasteiger charge is -2.49. The summed E-state index contributed by atoms with van der Waals surface area (Å²) >= 11 is 0. The number of ether oxygens (including phenoxy) is 1. The fourth-order valence-electron chi connectivity index (χ4n) is 5.49. The Morgan fingerprint density at radius 1 is 1.14 bits per heavy atom. The molecule has 0 spiro atoms. The molecular formula is C25H27F3N8O. The van der Waals surface area contributed by atoms with E-state index in [9.17, 15) is 13.2 Å². The van der Waals surface area contributed by atoms with Gasteiger partial charge in [-0.1, -0.05) is 0 Å². The van der Waals surface area contributed by atoms with Crippen LogP contribution in [0.1, 0.15) is 43.9 Å². The normalized spacial score (nSPS) is 22.0. The fourth-order valence-corrected chi connectivity index (χ4v) is 5.49. The highest BCUT2D eigenvalue weighted by Gasteiger charge is 2.54. The molecule has 1 saturated heterocycles. The van der Waals surface area contributed by atoms with Crippen LogP contribution in [0.25, 0.3) is 17.2 Å². The number of piperazine rings is 1. The summed E-state index contributed by atoms with van der Waals surface area (Å²) in [6, 6.07) is 4.24. The molecule has 0 bridgehead atoms. The number of nitrogens with one attached hydrogen (secondary N) is 1. The molecule has 37 heavy (non-hydrogen) atoms. The molecule has 2 aliphatic rings. The summed E-state index contributed by atoms with van der Waals surface area (Å²) in [5.41, 5.74) is 0.851. The van der Waals surface area contributed by atoms with Crippen molar-refractivity contribution in [2.75, 3.05) is 24.6 Å². The zero-order valence-electron chi connectivity index (χ0n) is 20.5. The van der Waals surface area contributed by atoms with Crippen molar-refractivity contribution < 1.29 is 17.9 Å². The lowest BCUT2D eigenvalue weighted by molar-refractivity contribution is -0.137. The highest BCUT2D eigenvalue weighted by molar-refractivity contribution is 5.59. The number of pyridine rings is 1. The van der Waals surface area contributed by atoms with E-state index in [0.29, 0.717) is 36.1 Å². The zero-order valence-corrected chi connectivity index (χ0v) is 20.5. The third-order valence-corrected chi connectivity index (χ3v) is 7.34. The van der Waals surface area contributed by atoms with E-state index in [0.717, 1.165) is 37.2 Å². The SMILES string of the molecule is CCOC1(N2CCN(c3ccnc(-c4cnc5ccc(C(F)(F)F)cn45)n3)C(C)C2c2cn[nH]c2)CC1. The maximum absolute atomic E-state index is 13.3. The Hall–Kier alpha value is -3.51. The first-order valence-corrected chi connectivity index (χ1v) is 12.3. The summed E-state index contributed by atoms with van der Waals surface area (Å²) < 4.78 is 47.6. The second-order valence-corrected chi connectivity index (χ2v) is 9.51. The van der Waals surface area contributed by atoms with Crippen LogP contribution in [0, 0.1) is 0 Å². The molecule has 2 fully saturated rings. The van der Waals surface area contributed by atoms with Crippen LogP contribution in [0.4, 0.5) is 19.0 Å². The Bertz CT molecular complexity index is 1400. The number of aromatic nitrogens is 6. The standard InChI is InChI=1S/C25H27F3N8O/c1-3-37-24(7-8-24)36-11-10-34(16(2)22(36)17-12-31-32-13-17)21-6-9-29-23(33-21)19-14-30-20-5-4-18(15-35(19)20)25(26,27)28/h4-6,9,12-16,22H,3,7-8,10-11H2,1-2H3,(H,31,32). The van der Waals surface area contributed by atoms with Gasteiger partial charge in [0.05, 0.1) is 24.0 Å². The predicted molar refractivity (Wildman–Crippen MR) is 130 cm³/mol. The summed E-state index contributed by atoms with van der Waals surface area (Å²) in [5, 5.41) is 7.12. The van der Waals surface area contributed by atoms with E-state index < -0.39 is 11.7 Å². The van der Waals surface area contributed by atoms with Crippen LogP contribution in [0.5, 0.6) is 0 Å². The minimum atomic E-state index is -4.46. The Balaban J connectivity index is 1.35. The summed E-state index contributed by atoms with van der Waals surface area (Å²) in [6.07, 6.45) is 5.47. The molecule has 2 atom stereocenters. The molecule has 0 radical (unpaired) electrons. The van der Waals surface area contributed by atoms with Crippen molar-refractivity contribution >= 4 is 11.5 Å². The second kappa shape index (κ2) is 8.80. The summed E-state index contributed by atoms with van der Waals surface area (Å²) in [7, 11) is 0. The van der Waals surface area contributed by atoms with Gasteiger partial charge < -0.3 is 9.64 Å². The van der Waals surface area contributed by atoms with Crippen LogP contribution >= 0.6 is 0 Å². The van der Waals surface area contributed by atoms with E-state index in [2.05, 4.69) is 36.9 Å². The third-order valence-electron chi connectivity index (χ3n) is 7.34. The van der Waals surface area contributed by atoms with Crippen LogP contribution in [0.2, 0.25) is 0 Å². The Kier molecular flexibility index (Phi) is 5.68. The van der Waals surface area contributed by atoms with Crippen molar-refractivity contribution in [1.82, 2.24) is 34.4 Å². The smallest absolute Gasteiger partial charge is 0.361 e. The van der Waals surface area contributed by atoms with Gasteiger partial charge in [-0.2, -0.15) is 18.3 Å². The van der Waals surface area contributed by atoms with E-state index >= 15 is 0 Å². The summed E-state index contributed by atoms with van der Waals surface area (Å²) in [4.78, 5) is 18.1. The quantitative estimate of drug-likeness (QED) is 0.412. The number of fused-ring (bicyclic) bond motifs is 1. The molecule has 4 aromatic heterocycles. The molecule has 1 saturated carbocycles. The lowest BCUT2D eigenvalue weighted by atomic mass is 9.96. The van der Waals surface area contributed by atoms with Crippen molar-refractivity contribution in [2.24, 2.45) is 0 Å². The lowest BCUT2D eigenvalue weighted by Crippen LogP contribution is -2.58. The van der Waals surface area contributed by atoms with E-state index in [4.69, 9.17) is 9.72 Å². The average Bonchev–Trinajstić information content (AvgIpc) is 3.27. The third kappa shape index (κ3) is 4.13. The van der Waals surface area contributed by atoms with E-state index in [1.807, 2.05) is 25.4 Å². The molecule has 12 heteroatoms. The molecule has 9 nitrogen and oxygen atoms in total. The number of nitrogens with zero attached hydrogens (tertiary/aromatic N) is 7. The number of halogens is 3. The second-order valence-electron chi connectivity index (χ2n) is 9.51. The molecule has 6 rings (SSSR count). The number of alkyl halides is 3. The van der Waals surface area contributed by atoms with Gasteiger partial charge in [-0.25, -0.2) is 15.0 Å². The molecule has 2 unspecified atom stereocenters. The minimum absolute atomic E-state index is 0.0186. The van der Waals surface area contributed by atoms with Gasteiger partial charge in [0, 0.05) is 49.9 Å². The van der Waals surface area contributed by atoms with Crippen molar-refractivity contribution in [3.8, 4) is 11.5 Å². The van der Waals surface area contributed by atoms with E-state index in [1.54, 1.807) is 6.20 Å². The minimum Gasteiger partial charge on any atom is -0.361 e. The number of anilines is 1. The predicted octanol–water partition coefficient (Wildman–Crippen LogP) is 4.31. The Labute approximate surface area is 211 Å². The monoisotopic (exact) mass is 512 g/mol. The number of H-pyrrole nitrogens is 1. The van der Waals surface area contributed by atoms with Crippen molar-refractivity contribution in [3.05, 3.63) is 60.3 Å². The maximum atomic E-state index is 13.3. The van der Waals surface area contributed by atoms with Gasteiger partial charge in [-0.3, -0.25) is 14.4 Å². The van der Waals surface area contributed by atoms with Gasteiger partial charge in [0.2, 0.25) is 0 Å². The van der Waals surface area contributed by atoms with Crippen LogP contribution in [-0.4, -0.2) is 65.9 Å². The average molecular weight is 513 g/mol. The molecule has 5 heterocycles. The van der Waals surface area contributed by atoms with Gasteiger partial charge in [0.25, 0.3) is 0 Å². The number of imidazole rings is 1. The molecule has 4 aromatic rings. The molecule has 1 aliphatic heterocycles. The van der Waals surface area contributed by atoms with Crippen molar-refractivity contribution in [1.29, 1.82) is 0 Å². The maximum Gasteiger partial charge on any atom is 0.417 e. The first-order chi connectivity index (χ1) is 17.8. The highest BCUT2D eigenvalue weighted by atomic mass is 19.4. The van der Waals surface area contributed by atoms with Gasteiger partial charge in [0.15, 0.2) is 5.82 Å². The molecule has 0 amide bonds. The van der Waals surface area contributed by atoms with Crippen LogP contribution < -0.4 is 4.90 Å². The number of rotatable bonds is 6. The molecular weight excluding hydrogens is 485 g/mol. The Morgan fingerprint density at radius 3 is 2.68 bits per heavy atom. The molecule has 0 aromatic carbocycles. The van der Waals surface area contributed by atoms with Gasteiger partial charge in [-0.05, 0) is 44.9 Å². The summed E-state index contributed by atoms with van der Waals surface area (Å²) in [6.45, 7) is 6.30. The molecule has 1 aliphatic carbocycles. The highest BCUT2D eigenvalue weighted by Crippen LogP contribution is 2.49. The number of aromatic amines is 1. The first-order valence-electron chi connectivity index (χ1n) is 12.3. The van der Waals surface area contributed by atoms with Gasteiger partial charge in [-0.15, -0.1) is 0 Å². The van der Waals surface area contributed by atoms with Gasteiger partial charge >= 0.3 is 6.18 Å². The molecule has 1 N–H and O–H groups in total. The molecule has 194 valence electrons. The van der Waals surface area contributed by atoms with Crippen molar-refractivity contribution in [2.45, 2.75) is 50.7 Å². The van der Waals surface area contributed by atoms with Crippen LogP contribution in [0.3, 0.4) is 0 Å². The van der Waals surface area contributed by atoms with E-state index in [-0.39, 0.29) is 17.8 Å². The van der Waals surface area contributed by atoms with Gasteiger partial charge in [0.1, 0.15) is 22.9 Å². The van der Waals surface area contributed by atoms with Crippen LogP contribution in [0.15, 0.2) is 49.2 Å². The topological polar surface area (TPSA) is 87.5 Å². The number of hydrogen-bond acceptors (Lipinski definition) is 7.